The molecular formula is C100H136F6N14O16S2. The van der Waals surface area contributed by atoms with Crippen molar-refractivity contribution in [2.75, 3.05) is 79.0 Å². The first-order valence-electron chi connectivity index (χ1n) is 46.5. The number of hydrogen-bond donors (Lipinski definition) is 11. The second-order valence-electron chi connectivity index (χ2n) is 34.9. The summed E-state index contributed by atoms with van der Waals surface area (Å²) < 4.78 is 134. The number of aliphatic hydroxyl groups is 3. The lowest BCUT2D eigenvalue weighted by atomic mass is 9.99. The first-order valence-corrected chi connectivity index (χ1v) is 49.6. The van der Waals surface area contributed by atoms with Gasteiger partial charge in [-0.2, -0.15) is 0 Å². The van der Waals surface area contributed by atoms with Crippen LogP contribution in [0.15, 0.2) is 149 Å². The maximum Gasteiger partial charge on any atom is 0.253 e. The molecule has 6 unspecified atom stereocenters. The fourth-order valence-electron chi connectivity index (χ4n) is 15.0. The number of amides is 9. The Morgan fingerprint density at radius 3 is 0.978 bits per heavy atom. The minimum atomic E-state index is -4.34. The van der Waals surface area contributed by atoms with Crippen molar-refractivity contribution in [3.05, 3.63) is 236 Å². The molecule has 0 heterocycles. The Morgan fingerprint density at radius 1 is 0.377 bits per heavy atom. The van der Waals surface area contributed by atoms with Crippen molar-refractivity contribution in [2.45, 2.75) is 226 Å². The number of sulfonamides is 2. The molecule has 0 radical (unpaired) electrons. The molecule has 9 amide bonds. The van der Waals surface area contributed by atoms with Crippen LogP contribution in [0.3, 0.4) is 0 Å². The number of carbonyl (C=O) groups is 9. The molecule has 6 atom stereocenters. The highest BCUT2D eigenvalue weighted by Crippen LogP contribution is 2.25. The Morgan fingerprint density at radius 2 is 0.674 bits per heavy atom. The number of terminal acetylenes is 1. The molecule has 756 valence electrons. The maximum atomic E-state index is 14.1. The zero-order valence-corrected chi connectivity index (χ0v) is 82.6. The molecule has 0 saturated heterocycles. The van der Waals surface area contributed by atoms with Crippen LogP contribution in [0, 0.1) is 59.1 Å². The third-order valence-electron chi connectivity index (χ3n) is 21.2. The van der Waals surface area contributed by atoms with Gasteiger partial charge in [-0.3, -0.25) is 59.4 Å². The van der Waals surface area contributed by atoms with Crippen molar-refractivity contribution < 1.29 is 102 Å². The number of hydrogen-bond acceptors (Lipinski definition) is 19. The largest absolute Gasteiger partial charge is 0.390 e. The van der Waals surface area contributed by atoms with E-state index < -0.39 is 131 Å². The molecule has 0 saturated carbocycles. The number of rotatable bonds is 52. The van der Waals surface area contributed by atoms with Gasteiger partial charge in [0.05, 0.1) is 52.6 Å². The second kappa shape index (κ2) is 58.4. The lowest BCUT2D eigenvalue weighted by Crippen LogP contribution is -2.53. The lowest BCUT2D eigenvalue weighted by molar-refractivity contribution is -0.128. The molecule has 138 heavy (non-hydrogen) atoms. The van der Waals surface area contributed by atoms with Crippen LogP contribution in [-0.4, -0.2) is 231 Å². The van der Waals surface area contributed by atoms with Gasteiger partial charge in [-0.05, 0) is 196 Å². The van der Waals surface area contributed by atoms with Crippen LogP contribution in [0.25, 0.3) is 0 Å². The van der Waals surface area contributed by atoms with Gasteiger partial charge < -0.3 is 46.0 Å². The van der Waals surface area contributed by atoms with E-state index in [0.717, 1.165) is 91.6 Å². The molecule has 30 nitrogen and oxygen atoms in total. The van der Waals surface area contributed by atoms with Crippen molar-refractivity contribution in [3.63, 3.8) is 0 Å². The molecular weight excluding hydrogens is 1830 g/mol. The second-order valence-corrected chi connectivity index (χ2v) is 38.0. The molecule has 7 aromatic rings. The fourth-order valence-corrected chi connectivity index (χ4v) is 16.2. The summed E-state index contributed by atoms with van der Waals surface area (Å²) in [5.74, 6) is -6.77. The summed E-state index contributed by atoms with van der Waals surface area (Å²) in [7, 11) is -7.13. The van der Waals surface area contributed by atoms with Gasteiger partial charge in [0, 0.05) is 149 Å². The highest BCUT2D eigenvalue weighted by atomic mass is 32.2. The van der Waals surface area contributed by atoms with Crippen molar-refractivity contribution in [3.8, 4) is 12.3 Å². The molecule has 7 aromatic carbocycles. The van der Waals surface area contributed by atoms with E-state index in [1.807, 2.05) is 113 Å². The Balaban J connectivity index is 0.000000365. The number of nitrogens with one attached hydrogen (secondary N) is 6. The molecule has 0 aliphatic carbocycles. The van der Waals surface area contributed by atoms with E-state index in [1.165, 1.54) is 34.3 Å². The number of halogens is 6. The third kappa shape index (κ3) is 40.9. The van der Waals surface area contributed by atoms with E-state index in [0.29, 0.717) is 109 Å². The summed E-state index contributed by atoms with van der Waals surface area (Å²) in [4.78, 5) is 122. The quantitative estimate of drug-likeness (QED) is 0.00958. The van der Waals surface area contributed by atoms with Crippen LogP contribution in [0.2, 0.25) is 0 Å². The van der Waals surface area contributed by atoms with Crippen molar-refractivity contribution in [2.24, 2.45) is 22.1 Å². The summed E-state index contributed by atoms with van der Waals surface area (Å²) >= 11 is 0. The van der Waals surface area contributed by atoms with Gasteiger partial charge in [0.2, 0.25) is 37.8 Å². The number of likely N-dealkylation sites (N-methyl/N-ethyl adjacent to an activating group) is 1. The van der Waals surface area contributed by atoms with Gasteiger partial charge in [-0.15, -0.1) is 6.42 Å². The minimum absolute atomic E-state index is 0.0634. The fraction of sp³-hybridized carbons (Fsp3) is 0.470. The van der Waals surface area contributed by atoms with Crippen LogP contribution >= 0.6 is 0 Å². The predicted molar refractivity (Wildman–Crippen MR) is 516 cm³/mol. The molecule has 0 fully saturated rings. The molecule has 13 N–H and O–H groups in total. The van der Waals surface area contributed by atoms with Crippen molar-refractivity contribution in [1.82, 2.24) is 62.0 Å². The maximum absolute atomic E-state index is 14.1. The van der Waals surface area contributed by atoms with Gasteiger partial charge in [0.25, 0.3) is 35.4 Å². The molecule has 0 spiro atoms. The summed E-state index contributed by atoms with van der Waals surface area (Å²) in [6.45, 7) is 26.0. The normalized spacial score (nSPS) is 12.8. The Hall–Kier alpha value is -11.5. The predicted octanol–water partition coefficient (Wildman–Crippen LogP) is 11.2. The smallest absolute Gasteiger partial charge is 0.253 e. The van der Waals surface area contributed by atoms with Crippen LogP contribution < -0.4 is 42.5 Å². The van der Waals surface area contributed by atoms with Crippen molar-refractivity contribution >= 4 is 73.2 Å². The van der Waals surface area contributed by atoms with E-state index in [2.05, 4.69) is 38.1 Å². The molecule has 0 aromatic heterocycles. The average molecular weight is 1970 g/mol. The molecule has 0 bridgehead atoms. The number of nitrogens with two attached hydrogens (primary N) is 2. The van der Waals surface area contributed by atoms with Crippen LogP contribution in [0.4, 0.5) is 26.3 Å². The summed E-state index contributed by atoms with van der Waals surface area (Å²) in [6, 6.07) is 25.6. The van der Waals surface area contributed by atoms with Crippen LogP contribution in [0.1, 0.15) is 244 Å². The van der Waals surface area contributed by atoms with Crippen LogP contribution in [0.5, 0.6) is 0 Å². The standard InChI is InChI=1S/C35H40F2N4O4.C33H49F2N5O6S.C32H47F2N5O6S/c1-5-13-41(14-6-2)35(45)28-16-24(7-3)15-27(21-28)34(44)38-31(19-26-17-29(36)22-30(37)18-26)32(42)23-40(4)39-33(43)20-25-11-9-8-10-12-25;1-6-9-12-40(38-31(42)13-22(4)5)21-30(41)29(16-23-14-26(34)20-27(35)15-23)37-32(43)24-17-25(19-28(18-24)47(36,45)46)33(44)39(10-7-2)11-8-3;1-6-9-38(10-7-2)32(43)24-16-23(17-27(18-24)46(35,44)45)31(42)36-28(15-22-13-25(33)19-26(34)14-22)29(40)20-39(11-8-3)37-30(41)12-21(4)5/h3,8-12,15-18,21-22,31-32,42H,5-6,13-14,19-20,23H2,1-2,4H3,(H,38,44)(H,39,43);14-15,17-20,22,29-30,41H,6-13,16,21H2,1-5H3,(H,37,43)(H,38,42)(H2,36,45,46);13-14,16-19,21,28-29,40H,6-12,15,20H2,1-5H3,(H,36,42)(H,37,41)(H2,35,44,45). The molecule has 0 aliphatic heterocycles. The van der Waals surface area contributed by atoms with E-state index in [-0.39, 0.29) is 144 Å². The number of carbonyl (C=O) groups excluding carboxylic acids is 9. The Kier molecular flexibility index (Phi) is 49.5. The zero-order valence-electron chi connectivity index (χ0n) is 80.9. The van der Waals surface area contributed by atoms with E-state index >= 15 is 0 Å². The lowest BCUT2D eigenvalue weighted by Gasteiger charge is -2.31. The van der Waals surface area contributed by atoms with Gasteiger partial charge in [-0.1, -0.05) is 126 Å². The Bertz CT molecular complexity index is 5410. The molecule has 7 rings (SSSR count). The number of primary sulfonamides is 2. The number of nitrogens with zero attached hydrogens (tertiary/aromatic N) is 6. The summed E-state index contributed by atoms with van der Waals surface area (Å²) in [6.07, 6.45) is 7.90. The molecule has 0 aliphatic rings. The average Bonchev–Trinajstić information content (AvgIpc) is 0.765. The van der Waals surface area contributed by atoms with Gasteiger partial charge in [-0.25, -0.2) is 68.5 Å². The Labute approximate surface area is 807 Å². The number of benzene rings is 7. The van der Waals surface area contributed by atoms with E-state index in [4.69, 9.17) is 16.7 Å². The third-order valence-corrected chi connectivity index (χ3v) is 23.0. The van der Waals surface area contributed by atoms with Gasteiger partial charge in [0.15, 0.2) is 0 Å². The number of aliphatic hydroxyl groups excluding tert-OH is 3. The zero-order chi connectivity index (χ0) is 103. The van der Waals surface area contributed by atoms with Crippen LogP contribution in [-0.2, 0) is 60.1 Å². The van der Waals surface area contributed by atoms with Gasteiger partial charge >= 0.3 is 0 Å². The highest BCUT2D eigenvalue weighted by molar-refractivity contribution is 7.89. The first-order chi connectivity index (χ1) is 65.2. The van der Waals surface area contributed by atoms with E-state index in [9.17, 15) is 102 Å². The molecule has 38 heteroatoms. The number of unbranched alkanes of at least 4 members (excludes halogenated alkanes) is 1. The van der Waals surface area contributed by atoms with E-state index in [1.54, 1.807) is 32.8 Å². The van der Waals surface area contributed by atoms with Gasteiger partial charge in [0.1, 0.15) is 34.9 Å². The highest BCUT2D eigenvalue weighted by Gasteiger charge is 2.33. The monoisotopic (exact) mass is 1970 g/mol. The minimum Gasteiger partial charge on any atom is -0.390 e. The SMILES string of the molecule is C#Cc1cc(C(=O)NC(Cc2cc(F)cc(F)c2)C(O)CN(C)NC(=O)Cc2ccccc2)cc(C(=O)N(CCC)CCC)c1.CCCCN(CC(O)C(Cc1cc(F)cc(F)c1)NC(=O)c1cc(C(=O)N(CCC)CCC)cc(S(N)(=O)=O)c1)NC(=O)CC(C)C.CCCN(CC(O)C(Cc1cc(F)cc(F)c1)NC(=O)c1cc(C(=O)N(CCC)CCC)cc(S(N)(=O)=O)c1)NC(=O)CC(C)C. The number of hydrazine groups is 3. The van der Waals surface area contributed by atoms with Crippen molar-refractivity contribution in [1.29, 1.82) is 0 Å². The summed E-state index contributed by atoms with van der Waals surface area (Å²) in [5, 5.41) is 57.2. The summed E-state index contributed by atoms with van der Waals surface area (Å²) in [5.41, 5.74) is 9.62. The first kappa shape index (κ1) is 117. The topological polar surface area (TPSA) is 426 Å².